The van der Waals surface area contributed by atoms with E-state index in [0.29, 0.717) is 30.3 Å². The van der Waals surface area contributed by atoms with E-state index in [0.717, 1.165) is 28.7 Å². The number of thioether (sulfide) groups is 1. The molecule has 1 unspecified atom stereocenters. The second-order valence-electron chi connectivity index (χ2n) is 8.63. The van der Waals surface area contributed by atoms with Gasteiger partial charge in [0.25, 0.3) is 0 Å². The van der Waals surface area contributed by atoms with Gasteiger partial charge in [-0.05, 0) is 42.2 Å². The number of benzene rings is 3. The molecule has 0 aliphatic carbocycles. The summed E-state index contributed by atoms with van der Waals surface area (Å²) in [6.45, 7) is 5.02. The molecule has 0 saturated carbocycles. The maximum atomic E-state index is 13.6. The highest BCUT2D eigenvalue weighted by atomic mass is 35.5. The van der Waals surface area contributed by atoms with Crippen molar-refractivity contribution in [3.63, 3.8) is 0 Å². The Balaban J connectivity index is 1.83. The second kappa shape index (κ2) is 14.0. The van der Waals surface area contributed by atoms with Crippen LogP contribution in [0.4, 0.5) is 0 Å². The summed E-state index contributed by atoms with van der Waals surface area (Å²) in [4.78, 5) is 28.7. The number of hydrogen-bond acceptors (Lipinski definition) is 3. The minimum Gasteiger partial charge on any atom is -0.354 e. The lowest BCUT2D eigenvalue weighted by Crippen LogP contribution is -2.51. The van der Waals surface area contributed by atoms with Crippen LogP contribution in [0.25, 0.3) is 0 Å². The number of carbonyl (C=O) groups excluding carboxylic acids is 2. The van der Waals surface area contributed by atoms with Crippen molar-refractivity contribution in [3.8, 4) is 0 Å². The molecule has 0 aliphatic rings. The van der Waals surface area contributed by atoms with Gasteiger partial charge in [0.1, 0.15) is 6.04 Å². The first kappa shape index (κ1) is 26.8. The Labute approximate surface area is 218 Å². The first-order valence-corrected chi connectivity index (χ1v) is 13.5. The lowest BCUT2D eigenvalue weighted by Gasteiger charge is -2.31. The summed E-state index contributed by atoms with van der Waals surface area (Å²) in [6.07, 6.45) is 1.30. The van der Waals surface area contributed by atoms with Gasteiger partial charge in [0.05, 0.1) is 5.75 Å². The van der Waals surface area contributed by atoms with Crippen molar-refractivity contribution >= 4 is 35.2 Å². The monoisotopic (exact) mass is 508 g/mol. The third kappa shape index (κ3) is 8.75. The Morgan fingerprint density at radius 3 is 2.37 bits per heavy atom. The van der Waals surface area contributed by atoms with Crippen LogP contribution < -0.4 is 5.32 Å². The van der Waals surface area contributed by atoms with Gasteiger partial charge in [-0.2, -0.15) is 0 Å². The highest BCUT2D eigenvalue weighted by Gasteiger charge is 2.30. The maximum Gasteiger partial charge on any atom is 0.243 e. The Hall–Kier alpha value is -2.76. The van der Waals surface area contributed by atoms with Crippen molar-refractivity contribution in [2.45, 2.75) is 45.0 Å². The zero-order valence-corrected chi connectivity index (χ0v) is 21.9. The van der Waals surface area contributed by atoms with Gasteiger partial charge in [0, 0.05) is 30.3 Å². The topological polar surface area (TPSA) is 49.4 Å². The number of aryl methyl sites for hydroxylation is 1. The Kier molecular flexibility index (Phi) is 10.7. The van der Waals surface area contributed by atoms with E-state index < -0.39 is 6.04 Å². The van der Waals surface area contributed by atoms with Crippen LogP contribution in [0.3, 0.4) is 0 Å². The number of nitrogens with zero attached hydrogens (tertiary/aromatic N) is 1. The molecule has 0 aliphatic heterocycles. The Morgan fingerprint density at radius 1 is 0.943 bits per heavy atom. The zero-order valence-electron chi connectivity index (χ0n) is 20.4. The molecule has 184 valence electrons. The van der Waals surface area contributed by atoms with Crippen LogP contribution in [0.1, 0.15) is 35.6 Å². The third-order valence-electron chi connectivity index (χ3n) is 5.64. The van der Waals surface area contributed by atoms with Crippen LogP contribution in [0.2, 0.25) is 5.02 Å². The Morgan fingerprint density at radius 2 is 1.66 bits per heavy atom. The molecule has 4 nitrogen and oxygen atoms in total. The largest absolute Gasteiger partial charge is 0.354 e. The van der Waals surface area contributed by atoms with Gasteiger partial charge >= 0.3 is 0 Å². The molecule has 6 heteroatoms. The van der Waals surface area contributed by atoms with E-state index in [1.54, 1.807) is 4.90 Å². The molecule has 0 saturated heterocycles. The second-order valence-corrected chi connectivity index (χ2v) is 10.1. The molecule has 1 N–H and O–H groups in total. The van der Waals surface area contributed by atoms with Crippen LogP contribution in [0, 0.1) is 6.92 Å². The zero-order chi connectivity index (χ0) is 25.0. The molecule has 0 fully saturated rings. The molecule has 0 radical (unpaired) electrons. The molecule has 1 atom stereocenters. The SMILES string of the molecule is CCCNC(=O)C(Cc1ccccc1)N(Cc1cccc(C)c1)C(=O)CSCc1cccc(Cl)c1. The van der Waals surface area contributed by atoms with Gasteiger partial charge in [-0.15, -0.1) is 11.8 Å². The fourth-order valence-electron chi connectivity index (χ4n) is 3.89. The van der Waals surface area contributed by atoms with E-state index >= 15 is 0 Å². The number of amides is 2. The number of halogens is 1. The van der Waals surface area contributed by atoms with Crippen molar-refractivity contribution in [2.75, 3.05) is 12.3 Å². The fourth-order valence-corrected chi connectivity index (χ4v) is 4.96. The average molecular weight is 509 g/mol. The smallest absolute Gasteiger partial charge is 0.243 e. The molecular formula is C29H33ClN2O2S. The number of nitrogens with one attached hydrogen (secondary N) is 1. The Bertz CT molecular complexity index is 1110. The van der Waals surface area contributed by atoms with E-state index in [1.165, 1.54) is 11.8 Å². The third-order valence-corrected chi connectivity index (χ3v) is 6.86. The number of hydrogen-bond donors (Lipinski definition) is 1. The van der Waals surface area contributed by atoms with Crippen LogP contribution in [-0.2, 0) is 28.3 Å². The summed E-state index contributed by atoms with van der Waals surface area (Å²) in [5.74, 6) is 0.795. The number of carbonyl (C=O) groups is 2. The molecular weight excluding hydrogens is 476 g/mol. The highest BCUT2D eigenvalue weighted by molar-refractivity contribution is 7.99. The normalized spacial score (nSPS) is 11.6. The van der Waals surface area contributed by atoms with Gasteiger partial charge in [0.15, 0.2) is 0 Å². The summed E-state index contributed by atoms with van der Waals surface area (Å²) in [6, 6.07) is 25.1. The summed E-state index contributed by atoms with van der Waals surface area (Å²) < 4.78 is 0. The van der Waals surface area contributed by atoms with E-state index in [2.05, 4.69) is 11.4 Å². The first-order chi connectivity index (χ1) is 17.0. The van der Waals surface area contributed by atoms with Gasteiger partial charge in [-0.3, -0.25) is 9.59 Å². The predicted octanol–water partition coefficient (Wildman–Crippen LogP) is 6.05. The van der Waals surface area contributed by atoms with Crippen LogP contribution >= 0.6 is 23.4 Å². The van der Waals surface area contributed by atoms with Gasteiger partial charge in [-0.25, -0.2) is 0 Å². The lowest BCUT2D eigenvalue weighted by atomic mass is 10.0. The van der Waals surface area contributed by atoms with Crippen LogP contribution in [-0.4, -0.2) is 35.1 Å². The quantitative estimate of drug-likeness (QED) is 0.324. The molecule has 2 amide bonds. The summed E-state index contributed by atoms with van der Waals surface area (Å²) in [5, 5.41) is 3.71. The summed E-state index contributed by atoms with van der Waals surface area (Å²) in [7, 11) is 0. The minimum absolute atomic E-state index is 0.0499. The molecule has 0 spiro atoms. The van der Waals surface area contributed by atoms with Gasteiger partial charge in [-0.1, -0.05) is 90.8 Å². The van der Waals surface area contributed by atoms with E-state index in [4.69, 9.17) is 11.6 Å². The van der Waals surface area contributed by atoms with Crippen LogP contribution in [0.5, 0.6) is 0 Å². The maximum absolute atomic E-state index is 13.6. The molecule has 3 rings (SSSR count). The van der Waals surface area contributed by atoms with E-state index in [-0.39, 0.29) is 17.6 Å². The van der Waals surface area contributed by atoms with Crippen molar-refractivity contribution in [1.29, 1.82) is 0 Å². The minimum atomic E-state index is -0.594. The summed E-state index contributed by atoms with van der Waals surface area (Å²) in [5.41, 5.74) is 4.24. The molecule has 0 aromatic heterocycles. The standard InChI is InChI=1S/C29H33ClN2O2S/c1-3-15-31-29(34)27(18-23-10-5-4-6-11-23)32(19-24-12-7-9-22(2)16-24)28(33)21-35-20-25-13-8-14-26(30)17-25/h4-14,16-17,27H,3,15,18-21H2,1-2H3,(H,31,34). The predicted molar refractivity (Wildman–Crippen MR) is 147 cm³/mol. The van der Waals surface area contributed by atoms with E-state index in [9.17, 15) is 9.59 Å². The summed E-state index contributed by atoms with van der Waals surface area (Å²) >= 11 is 7.64. The molecule has 3 aromatic rings. The highest BCUT2D eigenvalue weighted by Crippen LogP contribution is 2.20. The van der Waals surface area contributed by atoms with Gasteiger partial charge < -0.3 is 10.2 Å². The fraction of sp³-hybridized carbons (Fsp3) is 0.310. The van der Waals surface area contributed by atoms with Crippen LogP contribution in [0.15, 0.2) is 78.9 Å². The van der Waals surface area contributed by atoms with Gasteiger partial charge in [0.2, 0.25) is 11.8 Å². The first-order valence-electron chi connectivity index (χ1n) is 11.9. The van der Waals surface area contributed by atoms with E-state index in [1.807, 2.05) is 86.6 Å². The van der Waals surface area contributed by atoms with Crippen molar-refractivity contribution in [3.05, 3.63) is 106 Å². The lowest BCUT2D eigenvalue weighted by molar-refractivity contribution is -0.139. The number of rotatable bonds is 12. The molecule has 3 aromatic carbocycles. The molecule has 0 bridgehead atoms. The molecule has 35 heavy (non-hydrogen) atoms. The molecule has 0 heterocycles. The van der Waals surface area contributed by atoms with Crippen molar-refractivity contribution in [1.82, 2.24) is 10.2 Å². The average Bonchev–Trinajstić information content (AvgIpc) is 2.85. The van der Waals surface area contributed by atoms with Crippen molar-refractivity contribution < 1.29 is 9.59 Å². The van der Waals surface area contributed by atoms with Crippen molar-refractivity contribution in [2.24, 2.45) is 0 Å².